The molecule has 0 aromatic carbocycles. The average Bonchev–Trinajstić information content (AvgIpc) is 2.76. The number of hydrogen-bond donors (Lipinski definition) is 3. The van der Waals surface area contributed by atoms with Gasteiger partial charge in [-0.3, -0.25) is 4.79 Å². The summed E-state index contributed by atoms with van der Waals surface area (Å²) in [7, 11) is 0. The number of hydrogen-bond acceptors (Lipinski definition) is 4. The molecule has 196 valence electrons. The maximum absolute atomic E-state index is 12.8. The number of carbonyl (C=O) groups is 2. The first-order chi connectivity index (χ1) is 16.1. The van der Waals surface area contributed by atoms with E-state index in [1.165, 1.54) is 5.57 Å². The van der Waals surface area contributed by atoms with E-state index < -0.39 is 29.0 Å². The van der Waals surface area contributed by atoms with Gasteiger partial charge in [0, 0.05) is 0 Å². The molecule has 5 rings (SSSR count). The molecule has 2 unspecified atom stereocenters. The lowest BCUT2D eigenvalue weighted by Crippen LogP contribution is -2.67. The van der Waals surface area contributed by atoms with E-state index in [1.807, 2.05) is 6.92 Å². The van der Waals surface area contributed by atoms with Gasteiger partial charge >= 0.3 is 5.97 Å². The summed E-state index contributed by atoms with van der Waals surface area (Å²) >= 11 is 0. The lowest BCUT2D eigenvalue weighted by Gasteiger charge is -2.71. The summed E-state index contributed by atoms with van der Waals surface area (Å²) in [6, 6.07) is 0. The van der Waals surface area contributed by atoms with Gasteiger partial charge in [-0.25, -0.2) is 0 Å². The van der Waals surface area contributed by atoms with Crippen molar-refractivity contribution in [1.29, 1.82) is 0 Å². The minimum absolute atomic E-state index is 0.0507. The number of carboxylic acid groups (broad SMARTS) is 1. The minimum Gasteiger partial charge on any atom is -0.481 e. The SMILES string of the molecule is CC1(C)CC[C@]2(C(=O)O)C(O)C[C@]3(C)C(=CC[C@@H]4[C@@]5(C)CCC(O)[C@@](C)(C=O)[C@@H]5CC[C@]43C)[C@@H]2C1. The maximum Gasteiger partial charge on any atom is 0.312 e. The van der Waals surface area contributed by atoms with E-state index in [0.29, 0.717) is 25.2 Å². The molecule has 5 aliphatic rings. The number of rotatable bonds is 2. The second-order valence-electron chi connectivity index (χ2n) is 14.8. The lowest BCUT2D eigenvalue weighted by atomic mass is 9.33. The highest BCUT2D eigenvalue weighted by atomic mass is 16.4. The van der Waals surface area contributed by atoms with Crippen LogP contribution in [0.5, 0.6) is 0 Å². The number of carbonyl (C=O) groups excluding carboxylic acids is 1. The molecule has 5 heteroatoms. The molecule has 5 aliphatic carbocycles. The molecule has 0 heterocycles. The van der Waals surface area contributed by atoms with Crippen LogP contribution in [0.3, 0.4) is 0 Å². The number of aldehydes is 1. The zero-order valence-electron chi connectivity index (χ0n) is 22.6. The van der Waals surface area contributed by atoms with Crippen molar-refractivity contribution in [3.8, 4) is 0 Å². The van der Waals surface area contributed by atoms with Crippen molar-refractivity contribution >= 4 is 12.3 Å². The predicted octanol–water partition coefficient (Wildman–Crippen LogP) is 5.38. The highest BCUT2D eigenvalue weighted by molar-refractivity contribution is 5.77. The zero-order chi connectivity index (χ0) is 25.8. The fraction of sp³-hybridized carbons (Fsp3) is 0.867. The van der Waals surface area contributed by atoms with Crippen molar-refractivity contribution in [3.05, 3.63) is 11.6 Å². The second kappa shape index (κ2) is 7.43. The summed E-state index contributed by atoms with van der Waals surface area (Å²) in [4.78, 5) is 25.1. The van der Waals surface area contributed by atoms with Crippen LogP contribution >= 0.6 is 0 Å². The molecule has 10 atom stereocenters. The van der Waals surface area contributed by atoms with E-state index in [9.17, 15) is 24.9 Å². The first kappa shape index (κ1) is 25.4. The van der Waals surface area contributed by atoms with Gasteiger partial charge in [0.05, 0.1) is 17.6 Å². The molecular weight excluding hydrogens is 440 g/mol. The summed E-state index contributed by atoms with van der Waals surface area (Å²) in [5, 5.41) is 33.0. The molecule has 0 aliphatic heterocycles. The lowest BCUT2D eigenvalue weighted by molar-refractivity contribution is -0.217. The summed E-state index contributed by atoms with van der Waals surface area (Å²) in [6.45, 7) is 13.5. The third-order valence-corrected chi connectivity index (χ3v) is 13.0. The fourth-order valence-electron chi connectivity index (χ4n) is 10.6. The molecule has 4 saturated carbocycles. The van der Waals surface area contributed by atoms with Crippen LogP contribution in [-0.4, -0.2) is 39.8 Å². The third kappa shape index (κ3) is 2.94. The standard InChI is InChI=1S/C30H46O5/c1-25(2)13-14-30(24(34)35)19(15-25)18-7-8-21-26(3)11-10-22(32)27(4,17-31)20(26)9-12-28(21,5)29(18,6)16-23(30)33/h7,17,19-23,32-33H,8-16H2,1-6H3,(H,34,35)/t19-,20+,21+,22?,23?,26-,27-,28+,29+,30+/m0/s1. The Morgan fingerprint density at radius 2 is 1.60 bits per heavy atom. The van der Waals surface area contributed by atoms with Gasteiger partial charge in [-0.1, -0.05) is 53.2 Å². The molecule has 3 N–H and O–H groups in total. The molecular formula is C30H46O5. The van der Waals surface area contributed by atoms with Gasteiger partial charge in [0.2, 0.25) is 0 Å². The Bertz CT molecular complexity index is 970. The van der Waals surface area contributed by atoms with Crippen molar-refractivity contribution in [2.45, 2.75) is 112 Å². The Hall–Kier alpha value is -1.20. The quantitative estimate of drug-likeness (QED) is 0.360. The summed E-state index contributed by atoms with van der Waals surface area (Å²) in [5.41, 5.74) is -0.934. The summed E-state index contributed by atoms with van der Waals surface area (Å²) in [5.74, 6) is -0.517. The van der Waals surface area contributed by atoms with Crippen LogP contribution in [0, 0.1) is 50.2 Å². The molecule has 0 amide bonds. The van der Waals surface area contributed by atoms with Gasteiger partial charge < -0.3 is 20.1 Å². The molecule has 0 spiro atoms. The topological polar surface area (TPSA) is 94.8 Å². The minimum atomic E-state index is -1.09. The van der Waals surface area contributed by atoms with Gasteiger partial charge in [-0.15, -0.1) is 0 Å². The van der Waals surface area contributed by atoms with Crippen molar-refractivity contribution in [2.24, 2.45) is 50.2 Å². The molecule has 0 aromatic rings. The van der Waals surface area contributed by atoms with Gasteiger partial charge in [-0.2, -0.15) is 0 Å². The highest BCUT2D eigenvalue weighted by Gasteiger charge is 2.71. The van der Waals surface area contributed by atoms with Crippen molar-refractivity contribution in [1.82, 2.24) is 0 Å². The summed E-state index contributed by atoms with van der Waals surface area (Å²) < 4.78 is 0. The Kier molecular flexibility index (Phi) is 5.40. The monoisotopic (exact) mass is 486 g/mol. The fourth-order valence-corrected chi connectivity index (χ4v) is 10.6. The van der Waals surface area contributed by atoms with Crippen LogP contribution in [0.1, 0.15) is 99.3 Å². The van der Waals surface area contributed by atoms with Crippen LogP contribution in [0.25, 0.3) is 0 Å². The van der Waals surface area contributed by atoms with E-state index in [0.717, 1.165) is 44.8 Å². The largest absolute Gasteiger partial charge is 0.481 e. The smallest absolute Gasteiger partial charge is 0.312 e. The number of aliphatic hydroxyl groups is 2. The van der Waals surface area contributed by atoms with Crippen molar-refractivity contribution < 1.29 is 24.9 Å². The van der Waals surface area contributed by atoms with E-state index in [-0.39, 0.29) is 33.5 Å². The van der Waals surface area contributed by atoms with E-state index in [2.05, 4.69) is 40.7 Å². The zero-order valence-corrected chi connectivity index (χ0v) is 22.6. The Morgan fingerprint density at radius 3 is 2.23 bits per heavy atom. The van der Waals surface area contributed by atoms with Crippen molar-refractivity contribution in [2.75, 3.05) is 0 Å². The van der Waals surface area contributed by atoms with Crippen LogP contribution in [-0.2, 0) is 9.59 Å². The van der Waals surface area contributed by atoms with Crippen LogP contribution in [0.4, 0.5) is 0 Å². The molecule has 4 fully saturated rings. The molecule has 0 saturated heterocycles. The molecule has 5 nitrogen and oxygen atoms in total. The number of carboxylic acids is 1. The Morgan fingerprint density at radius 1 is 0.914 bits per heavy atom. The maximum atomic E-state index is 12.8. The number of aliphatic carboxylic acids is 1. The molecule has 0 radical (unpaired) electrons. The Balaban J connectivity index is 1.63. The molecule has 0 aromatic heterocycles. The van der Waals surface area contributed by atoms with Gasteiger partial charge in [0.15, 0.2) is 0 Å². The third-order valence-electron chi connectivity index (χ3n) is 13.0. The van der Waals surface area contributed by atoms with Gasteiger partial charge in [-0.05, 0) is 97.2 Å². The van der Waals surface area contributed by atoms with Gasteiger partial charge in [0.1, 0.15) is 11.7 Å². The number of aliphatic hydroxyl groups excluding tert-OH is 2. The normalized spacial score (nSPS) is 54.9. The van der Waals surface area contributed by atoms with Gasteiger partial charge in [0.25, 0.3) is 0 Å². The first-order valence-electron chi connectivity index (χ1n) is 13.9. The number of allylic oxidation sites excluding steroid dienone is 2. The highest BCUT2D eigenvalue weighted by Crippen LogP contribution is 2.75. The molecule has 35 heavy (non-hydrogen) atoms. The van der Waals surface area contributed by atoms with E-state index in [4.69, 9.17) is 0 Å². The van der Waals surface area contributed by atoms with Crippen LogP contribution in [0.2, 0.25) is 0 Å². The first-order valence-corrected chi connectivity index (χ1v) is 13.9. The summed E-state index contributed by atoms with van der Waals surface area (Å²) in [6.07, 6.45) is 8.83. The number of fused-ring (bicyclic) bond motifs is 7. The van der Waals surface area contributed by atoms with E-state index in [1.54, 1.807) is 0 Å². The average molecular weight is 487 g/mol. The van der Waals surface area contributed by atoms with Crippen molar-refractivity contribution in [3.63, 3.8) is 0 Å². The Labute approximate surface area is 210 Å². The predicted molar refractivity (Wildman–Crippen MR) is 134 cm³/mol. The molecule has 0 bridgehead atoms. The van der Waals surface area contributed by atoms with E-state index >= 15 is 0 Å². The second-order valence-corrected chi connectivity index (χ2v) is 14.8. The van der Waals surface area contributed by atoms with Crippen LogP contribution in [0.15, 0.2) is 11.6 Å². The van der Waals surface area contributed by atoms with Crippen LogP contribution < -0.4 is 0 Å².